The maximum Gasteiger partial charge on any atom is 0.259 e. The monoisotopic (exact) mass is 471 g/mol. The van der Waals surface area contributed by atoms with E-state index >= 15 is 0 Å². The highest BCUT2D eigenvalue weighted by Gasteiger charge is 2.28. The second-order valence-corrected chi connectivity index (χ2v) is 10.2. The Morgan fingerprint density at radius 3 is 2.64 bits per heavy atom. The highest BCUT2D eigenvalue weighted by molar-refractivity contribution is 7.15. The van der Waals surface area contributed by atoms with Gasteiger partial charge in [-0.05, 0) is 31.9 Å². The minimum Gasteiger partial charge on any atom is -0.377 e. The minimum atomic E-state index is -0.230. The third-order valence-corrected chi connectivity index (χ3v) is 6.79. The average molecular weight is 472 g/mol. The lowest BCUT2D eigenvalue weighted by molar-refractivity contribution is -0.133. The summed E-state index contributed by atoms with van der Waals surface area (Å²) in [6.45, 7) is 13.9. The molecule has 1 aliphatic rings. The second-order valence-electron chi connectivity index (χ2n) is 9.27. The molecule has 1 fully saturated rings. The molecule has 0 saturated carbocycles. The van der Waals surface area contributed by atoms with Gasteiger partial charge in [0, 0.05) is 30.1 Å². The molecule has 9 heteroatoms. The smallest absolute Gasteiger partial charge is 0.259 e. The molecule has 0 aromatic carbocycles. The lowest BCUT2D eigenvalue weighted by Gasteiger charge is -2.32. The fourth-order valence-corrected chi connectivity index (χ4v) is 4.50. The Bertz CT molecular complexity index is 990. The molecule has 178 valence electrons. The first-order chi connectivity index (χ1) is 15.7. The van der Waals surface area contributed by atoms with Gasteiger partial charge in [-0.25, -0.2) is 0 Å². The second kappa shape index (κ2) is 11.0. The predicted molar refractivity (Wildman–Crippen MR) is 130 cm³/mol. The van der Waals surface area contributed by atoms with Crippen molar-refractivity contribution in [1.82, 2.24) is 20.1 Å². The number of carbonyl (C=O) groups is 2. The van der Waals surface area contributed by atoms with Crippen LogP contribution in [0, 0.1) is 6.92 Å². The van der Waals surface area contributed by atoms with Crippen LogP contribution in [-0.4, -0.2) is 58.2 Å². The van der Waals surface area contributed by atoms with Crippen LogP contribution in [0.15, 0.2) is 24.8 Å². The van der Waals surface area contributed by atoms with Gasteiger partial charge in [0.25, 0.3) is 5.91 Å². The van der Waals surface area contributed by atoms with Gasteiger partial charge in [-0.2, -0.15) is 0 Å². The minimum absolute atomic E-state index is 0.0959. The number of pyridine rings is 1. The average Bonchev–Trinajstić information content (AvgIpc) is 3.25. The number of nitrogens with zero attached hydrogens (tertiary/aromatic N) is 4. The van der Waals surface area contributed by atoms with Gasteiger partial charge in [-0.15, -0.1) is 16.8 Å². The molecule has 2 amide bonds. The molecule has 3 heterocycles. The van der Waals surface area contributed by atoms with Crippen molar-refractivity contribution in [2.75, 3.05) is 31.6 Å². The Morgan fingerprint density at radius 2 is 2.00 bits per heavy atom. The van der Waals surface area contributed by atoms with E-state index in [1.54, 1.807) is 6.08 Å². The van der Waals surface area contributed by atoms with Crippen LogP contribution in [0.3, 0.4) is 0 Å². The van der Waals surface area contributed by atoms with Crippen molar-refractivity contribution < 1.29 is 14.3 Å². The Labute approximate surface area is 199 Å². The summed E-state index contributed by atoms with van der Waals surface area (Å²) in [5.74, 6) is -0.0168. The van der Waals surface area contributed by atoms with Crippen molar-refractivity contribution in [1.29, 1.82) is 0 Å². The van der Waals surface area contributed by atoms with Gasteiger partial charge in [0.2, 0.25) is 11.0 Å². The number of nitrogens with one attached hydrogen (secondary N) is 1. The molecule has 3 rings (SSSR count). The largest absolute Gasteiger partial charge is 0.377 e. The van der Waals surface area contributed by atoms with Crippen molar-refractivity contribution in [3.63, 3.8) is 0 Å². The van der Waals surface area contributed by atoms with Crippen LogP contribution in [0.5, 0.6) is 0 Å². The molecule has 0 aliphatic carbocycles. The summed E-state index contributed by atoms with van der Waals surface area (Å²) < 4.78 is 5.33. The Hall–Kier alpha value is -2.65. The van der Waals surface area contributed by atoms with E-state index in [-0.39, 0.29) is 23.1 Å². The maximum absolute atomic E-state index is 13.1. The fourth-order valence-electron chi connectivity index (χ4n) is 3.71. The van der Waals surface area contributed by atoms with Gasteiger partial charge < -0.3 is 9.64 Å². The fraction of sp³-hybridized carbons (Fsp3) is 0.542. The molecule has 0 spiro atoms. The zero-order valence-corrected chi connectivity index (χ0v) is 20.7. The topological polar surface area (TPSA) is 97.3 Å². The van der Waals surface area contributed by atoms with E-state index in [0.29, 0.717) is 43.4 Å². The number of piperidine rings is 1. The molecule has 0 unspecified atom stereocenters. The summed E-state index contributed by atoms with van der Waals surface area (Å²) in [7, 11) is 0. The molecule has 1 aliphatic heterocycles. The van der Waals surface area contributed by atoms with Crippen LogP contribution in [0.25, 0.3) is 0 Å². The van der Waals surface area contributed by atoms with Crippen LogP contribution in [0.1, 0.15) is 72.7 Å². The van der Waals surface area contributed by atoms with Gasteiger partial charge in [-0.1, -0.05) is 38.2 Å². The number of aryl methyl sites for hydroxylation is 1. The number of hydrogen-bond donors (Lipinski definition) is 1. The van der Waals surface area contributed by atoms with E-state index in [4.69, 9.17) is 9.72 Å². The van der Waals surface area contributed by atoms with Crippen LogP contribution >= 0.6 is 11.3 Å². The summed E-state index contributed by atoms with van der Waals surface area (Å²) in [6, 6.07) is 3.67. The lowest BCUT2D eigenvalue weighted by atomic mass is 9.89. The number of rotatable bonds is 8. The third kappa shape index (κ3) is 6.68. The molecule has 0 radical (unpaired) electrons. The van der Waals surface area contributed by atoms with Crippen LogP contribution < -0.4 is 5.32 Å². The maximum atomic E-state index is 13.1. The molecule has 0 bridgehead atoms. The van der Waals surface area contributed by atoms with E-state index < -0.39 is 0 Å². The molecule has 2 aromatic rings. The third-order valence-electron chi connectivity index (χ3n) is 5.53. The zero-order chi connectivity index (χ0) is 24.0. The SMILES string of the molecule is C=CCOCCC(=O)N1CCC(c2nc(C)ccc2C(=O)Nc2nnc(C(C)(C)C)s2)CC1. The molecule has 33 heavy (non-hydrogen) atoms. The van der Waals surface area contributed by atoms with Gasteiger partial charge in [-0.3, -0.25) is 19.9 Å². The van der Waals surface area contributed by atoms with Crippen LogP contribution in [-0.2, 0) is 14.9 Å². The lowest BCUT2D eigenvalue weighted by Crippen LogP contribution is -2.38. The zero-order valence-electron chi connectivity index (χ0n) is 19.9. The van der Waals surface area contributed by atoms with Crippen molar-refractivity contribution in [3.8, 4) is 0 Å². The first-order valence-corrected chi connectivity index (χ1v) is 12.1. The number of likely N-dealkylation sites (tertiary alicyclic amines) is 1. The number of ether oxygens (including phenoxy) is 1. The molecule has 8 nitrogen and oxygen atoms in total. The normalized spacial score (nSPS) is 14.8. The van der Waals surface area contributed by atoms with Crippen molar-refractivity contribution in [2.24, 2.45) is 0 Å². The number of carbonyl (C=O) groups excluding carboxylic acids is 2. The summed E-state index contributed by atoms with van der Waals surface area (Å²) in [5, 5.41) is 12.6. The first kappa shape index (κ1) is 25.0. The summed E-state index contributed by atoms with van der Waals surface area (Å²) in [5.41, 5.74) is 2.08. The molecule has 1 saturated heterocycles. The van der Waals surface area contributed by atoms with Crippen molar-refractivity contribution in [2.45, 2.75) is 58.3 Å². The predicted octanol–water partition coefficient (Wildman–Crippen LogP) is 4.09. The van der Waals surface area contributed by atoms with E-state index in [0.717, 1.165) is 29.2 Å². The van der Waals surface area contributed by atoms with Gasteiger partial charge in [0.1, 0.15) is 5.01 Å². The molecule has 0 atom stereocenters. The van der Waals surface area contributed by atoms with Crippen molar-refractivity contribution >= 4 is 28.3 Å². The Balaban J connectivity index is 1.65. The van der Waals surface area contributed by atoms with Gasteiger partial charge in [0.05, 0.1) is 30.9 Å². The van der Waals surface area contributed by atoms with Gasteiger partial charge >= 0.3 is 0 Å². The first-order valence-electron chi connectivity index (χ1n) is 11.3. The van der Waals surface area contributed by atoms with E-state index in [1.807, 2.05) is 24.0 Å². The molecule has 1 N–H and O–H groups in total. The Kier molecular flexibility index (Phi) is 8.31. The number of amides is 2. The van der Waals surface area contributed by atoms with Gasteiger partial charge in [0.15, 0.2) is 0 Å². The highest BCUT2D eigenvalue weighted by Crippen LogP contribution is 2.31. The van der Waals surface area contributed by atoms with Crippen LogP contribution in [0.4, 0.5) is 5.13 Å². The summed E-state index contributed by atoms with van der Waals surface area (Å²) >= 11 is 1.39. The Morgan fingerprint density at radius 1 is 1.27 bits per heavy atom. The highest BCUT2D eigenvalue weighted by atomic mass is 32.1. The number of aromatic nitrogens is 3. The summed E-state index contributed by atoms with van der Waals surface area (Å²) in [4.78, 5) is 32.1. The molecular formula is C24H33N5O3S. The van der Waals surface area contributed by atoms with E-state index in [1.165, 1.54) is 11.3 Å². The van der Waals surface area contributed by atoms with Crippen molar-refractivity contribution in [3.05, 3.63) is 46.7 Å². The van der Waals surface area contributed by atoms with E-state index in [9.17, 15) is 9.59 Å². The quantitative estimate of drug-likeness (QED) is 0.460. The number of anilines is 1. The summed E-state index contributed by atoms with van der Waals surface area (Å²) in [6.07, 6.45) is 3.58. The number of hydrogen-bond acceptors (Lipinski definition) is 7. The standard InChI is InChI=1S/C24H33N5O3S/c1-6-14-32-15-11-19(30)29-12-9-17(10-13-29)20-18(8-7-16(2)25-20)21(31)26-23-28-27-22(33-23)24(3,4)5/h6-8,17H,1,9-15H2,2-5H3,(H,26,28,31). The van der Waals surface area contributed by atoms with E-state index in [2.05, 4.69) is 42.9 Å². The molecular weight excluding hydrogens is 438 g/mol. The van der Waals surface area contributed by atoms with Crippen LogP contribution in [0.2, 0.25) is 0 Å². The molecule has 2 aromatic heterocycles.